The Kier molecular flexibility index (Phi) is 7.21. The van der Waals surface area contributed by atoms with Crippen molar-refractivity contribution in [1.82, 2.24) is 0 Å². The zero-order chi connectivity index (χ0) is 19.1. The van der Waals surface area contributed by atoms with E-state index in [4.69, 9.17) is 34.7 Å². The lowest BCUT2D eigenvalue weighted by Crippen LogP contribution is -2.10. The highest BCUT2D eigenvalue weighted by atomic mass is 35.5. The third-order valence-electron chi connectivity index (χ3n) is 3.81. The van der Waals surface area contributed by atoms with Crippen LogP contribution in [0.15, 0.2) is 69.8 Å². The minimum atomic E-state index is -0.311. The molecule has 0 atom stereocenters. The molecule has 5 nitrogen and oxygen atoms in total. The predicted molar refractivity (Wildman–Crippen MR) is 111 cm³/mol. The number of rotatable bonds is 5. The highest BCUT2D eigenvalue weighted by Crippen LogP contribution is 2.34. The van der Waals surface area contributed by atoms with Crippen LogP contribution in [-0.4, -0.2) is 30.4 Å². The number of aliphatic imine (C=N–C) groups is 2. The molecule has 1 aromatic carbocycles. The Labute approximate surface area is 162 Å². The van der Waals surface area contributed by atoms with Crippen molar-refractivity contribution < 1.29 is 5.11 Å². The number of halogens is 2. The Morgan fingerprint density at radius 3 is 2.73 bits per heavy atom. The fourth-order valence-corrected chi connectivity index (χ4v) is 3.07. The van der Waals surface area contributed by atoms with Gasteiger partial charge in [-0.1, -0.05) is 54.1 Å². The van der Waals surface area contributed by atoms with Crippen LogP contribution >= 0.6 is 23.2 Å². The summed E-state index contributed by atoms with van der Waals surface area (Å²) >= 11 is 12.3. The smallest absolute Gasteiger partial charge is 0.151 e. The van der Waals surface area contributed by atoms with Crippen molar-refractivity contribution in [3.8, 4) is 0 Å². The van der Waals surface area contributed by atoms with Gasteiger partial charge in [0.2, 0.25) is 0 Å². The Hall–Kier alpha value is -2.34. The zero-order valence-corrected chi connectivity index (χ0v) is 15.6. The summed E-state index contributed by atoms with van der Waals surface area (Å²) in [5.41, 5.74) is 15.3. The first-order chi connectivity index (χ1) is 12.5. The van der Waals surface area contributed by atoms with Crippen LogP contribution in [0.25, 0.3) is 5.57 Å². The summed E-state index contributed by atoms with van der Waals surface area (Å²) < 4.78 is 0. The van der Waals surface area contributed by atoms with Crippen molar-refractivity contribution in [2.75, 3.05) is 13.2 Å². The summed E-state index contributed by atoms with van der Waals surface area (Å²) in [6.45, 7) is 3.76. The van der Waals surface area contributed by atoms with Crippen LogP contribution in [0.4, 0.5) is 0 Å². The van der Waals surface area contributed by atoms with Crippen LogP contribution < -0.4 is 11.5 Å². The highest BCUT2D eigenvalue weighted by molar-refractivity contribution is 6.35. The van der Waals surface area contributed by atoms with Gasteiger partial charge in [-0.05, 0) is 40.8 Å². The molecule has 0 bridgehead atoms. The molecule has 0 unspecified atom stereocenters. The number of benzene rings is 1. The van der Waals surface area contributed by atoms with Gasteiger partial charge in [0.1, 0.15) is 6.61 Å². The van der Waals surface area contributed by atoms with Gasteiger partial charge < -0.3 is 16.6 Å². The van der Waals surface area contributed by atoms with Crippen LogP contribution in [0.5, 0.6) is 0 Å². The minimum absolute atomic E-state index is 0.225. The molecule has 0 saturated carbocycles. The van der Waals surface area contributed by atoms with Crippen molar-refractivity contribution in [1.29, 1.82) is 0 Å². The summed E-state index contributed by atoms with van der Waals surface area (Å²) in [7, 11) is 0. The van der Waals surface area contributed by atoms with E-state index >= 15 is 0 Å². The summed E-state index contributed by atoms with van der Waals surface area (Å²) in [4.78, 5) is 8.05. The fourth-order valence-electron chi connectivity index (χ4n) is 2.54. The number of aliphatic hydroxyl groups excluding tert-OH is 1. The summed E-state index contributed by atoms with van der Waals surface area (Å²) in [5, 5.41) is 10.4. The maximum atomic E-state index is 9.24. The standard InChI is InChI=1S/C19H20Cl2N4O/c1-12(23)17(9-24-19(10-26)25-11-22)14-4-2-3-13(7-14)16-6-5-15(20)8-18(16)21/h2-6,8,11,26H,1,7,9-10,23H2,(H2,22,24,25)/b17-14-. The average molecular weight is 391 g/mol. The molecule has 0 saturated heterocycles. The second-order valence-electron chi connectivity index (χ2n) is 5.55. The van der Waals surface area contributed by atoms with E-state index in [-0.39, 0.29) is 19.0 Å². The first-order valence-electron chi connectivity index (χ1n) is 7.84. The number of hydrogen-bond acceptors (Lipinski definition) is 3. The lowest BCUT2D eigenvalue weighted by molar-refractivity contribution is 0.356. The number of hydrogen-bond donors (Lipinski definition) is 3. The molecule has 0 aromatic heterocycles. The molecule has 1 aliphatic rings. The van der Waals surface area contributed by atoms with Gasteiger partial charge in [0.25, 0.3) is 0 Å². The molecule has 136 valence electrons. The molecular formula is C19H20Cl2N4O. The highest BCUT2D eigenvalue weighted by Gasteiger charge is 2.15. The van der Waals surface area contributed by atoms with E-state index in [0.717, 1.165) is 28.6 Å². The van der Waals surface area contributed by atoms with E-state index in [2.05, 4.69) is 16.6 Å². The van der Waals surface area contributed by atoms with Crippen molar-refractivity contribution in [2.24, 2.45) is 21.5 Å². The lowest BCUT2D eigenvalue weighted by atomic mass is 9.90. The maximum absolute atomic E-state index is 9.24. The quantitative estimate of drug-likeness (QED) is 0.530. The van der Waals surface area contributed by atoms with E-state index in [1.54, 1.807) is 12.1 Å². The monoisotopic (exact) mass is 390 g/mol. The van der Waals surface area contributed by atoms with Crippen molar-refractivity contribution >= 4 is 40.9 Å². The Balaban J connectivity index is 2.34. The fraction of sp³-hybridized carbons (Fsp3) is 0.158. The predicted octanol–water partition coefficient (Wildman–Crippen LogP) is 3.48. The van der Waals surface area contributed by atoms with Gasteiger partial charge in [0.05, 0.1) is 12.9 Å². The van der Waals surface area contributed by atoms with E-state index < -0.39 is 0 Å². The van der Waals surface area contributed by atoms with E-state index in [1.807, 2.05) is 24.3 Å². The second kappa shape index (κ2) is 9.38. The first kappa shape index (κ1) is 20.0. The number of nitrogens with two attached hydrogens (primary N) is 2. The van der Waals surface area contributed by atoms with Gasteiger partial charge >= 0.3 is 0 Å². The van der Waals surface area contributed by atoms with Gasteiger partial charge in [0, 0.05) is 15.7 Å². The van der Waals surface area contributed by atoms with E-state index in [1.165, 1.54) is 0 Å². The molecule has 1 aliphatic carbocycles. The van der Waals surface area contributed by atoms with Crippen LogP contribution in [0.2, 0.25) is 10.0 Å². The molecular weight excluding hydrogens is 371 g/mol. The van der Waals surface area contributed by atoms with Gasteiger partial charge in [-0.3, -0.25) is 4.99 Å². The Bertz CT molecular complexity index is 851. The van der Waals surface area contributed by atoms with Crippen LogP contribution in [0.1, 0.15) is 12.0 Å². The van der Waals surface area contributed by atoms with Gasteiger partial charge in [-0.25, -0.2) is 4.99 Å². The first-order valence-corrected chi connectivity index (χ1v) is 8.59. The molecule has 0 radical (unpaired) electrons. The molecule has 0 spiro atoms. The van der Waals surface area contributed by atoms with Gasteiger partial charge in [0.15, 0.2) is 5.84 Å². The number of amidine groups is 1. The molecule has 26 heavy (non-hydrogen) atoms. The largest absolute Gasteiger partial charge is 0.399 e. The SMILES string of the molecule is C=C(N)/C(CN=C(CO)N=CN)=C1/C=CC=C(c2ccc(Cl)cc2Cl)C1. The van der Waals surface area contributed by atoms with Crippen molar-refractivity contribution in [2.45, 2.75) is 6.42 Å². The molecule has 5 N–H and O–H groups in total. The number of aliphatic hydroxyl groups is 1. The van der Waals surface area contributed by atoms with Crippen molar-refractivity contribution in [3.05, 3.63) is 75.5 Å². The zero-order valence-electron chi connectivity index (χ0n) is 14.1. The number of allylic oxidation sites excluding steroid dienone is 5. The van der Waals surface area contributed by atoms with E-state index in [9.17, 15) is 5.11 Å². The van der Waals surface area contributed by atoms with E-state index in [0.29, 0.717) is 22.2 Å². The number of nitrogens with zero attached hydrogens (tertiary/aromatic N) is 2. The van der Waals surface area contributed by atoms with Gasteiger partial charge in [-0.15, -0.1) is 0 Å². The third-order valence-corrected chi connectivity index (χ3v) is 4.36. The molecule has 0 heterocycles. The van der Waals surface area contributed by atoms with Crippen LogP contribution in [-0.2, 0) is 0 Å². The topological polar surface area (TPSA) is 97.0 Å². The molecule has 0 aliphatic heterocycles. The normalized spacial score (nSPS) is 16.7. The summed E-state index contributed by atoms with van der Waals surface area (Å²) in [5.74, 6) is 0.225. The average Bonchev–Trinajstić information content (AvgIpc) is 2.61. The minimum Gasteiger partial charge on any atom is -0.399 e. The molecule has 0 amide bonds. The molecule has 7 heteroatoms. The van der Waals surface area contributed by atoms with Crippen LogP contribution in [0, 0.1) is 0 Å². The molecule has 0 fully saturated rings. The molecule has 2 rings (SSSR count). The van der Waals surface area contributed by atoms with Crippen LogP contribution in [0.3, 0.4) is 0 Å². The summed E-state index contributed by atoms with van der Waals surface area (Å²) in [6.07, 6.45) is 7.59. The van der Waals surface area contributed by atoms with Gasteiger partial charge in [-0.2, -0.15) is 0 Å². The second-order valence-corrected chi connectivity index (χ2v) is 6.39. The third kappa shape index (κ3) is 5.08. The Morgan fingerprint density at radius 1 is 1.35 bits per heavy atom. The summed E-state index contributed by atoms with van der Waals surface area (Å²) in [6, 6.07) is 5.41. The Morgan fingerprint density at radius 2 is 2.12 bits per heavy atom. The lowest BCUT2D eigenvalue weighted by Gasteiger charge is -2.17. The molecule has 1 aromatic rings. The maximum Gasteiger partial charge on any atom is 0.151 e. The van der Waals surface area contributed by atoms with Crippen molar-refractivity contribution in [3.63, 3.8) is 0 Å².